The average Bonchev–Trinajstić information content (AvgIpc) is 2.93. The molecule has 2 bridgehead atoms. The molecule has 4 heteroatoms. The number of esters is 2. The van der Waals surface area contributed by atoms with Gasteiger partial charge in [0.25, 0.3) is 0 Å². The minimum Gasteiger partial charge on any atom is -0.466 e. The number of hydrogen-bond donors (Lipinski definition) is 0. The van der Waals surface area contributed by atoms with Crippen LogP contribution in [0.15, 0.2) is 0 Å². The molecule has 0 aliphatic heterocycles. The first-order valence-corrected chi connectivity index (χ1v) is 7.46. The van der Waals surface area contributed by atoms with Crippen LogP contribution in [0, 0.1) is 23.7 Å². The Morgan fingerprint density at radius 3 is 1.68 bits per heavy atom. The molecule has 2 saturated carbocycles. The van der Waals surface area contributed by atoms with Gasteiger partial charge in [0, 0.05) is 12.8 Å². The van der Waals surface area contributed by atoms with Crippen molar-refractivity contribution in [1.29, 1.82) is 0 Å². The van der Waals surface area contributed by atoms with Gasteiger partial charge in [-0.05, 0) is 56.8 Å². The fourth-order valence-corrected chi connectivity index (χ4v) is 3.99. The Balaban J connectivity index is 1.94. The quantitative estimate of drug-likeness (QED) is 0.695. The van der Waals surface area contributed by atoms with Gasteiger partial charge in [-0.15, -0.1) is 0 Å². The van der Waals surface area contributed by atoms with E-state index in [1.165, 1.54) is 19.3 Å². The monoisotopic (exact) mass is 268 g/mol. The fraction of sp³-hybridized carbons (Fsp3) is 0.867. The van der Waals surface area contributed by atoms with Crippen LogP contribution in [0.3, 0.4) is 0 Å². The average molecular weight is 268 g/mol. The van der Waals surface area contributed by atoms with Gasteiger partial charge in [0.15, 0.2) is 0 Å². The van der Waals surface area contributed by atoms with Crippen molar-refractivity contribution >= 4 is 11.9 Å². The largest absolute Gasteiger partial charge is 0.466 e. The highest BCUT2D eigenvalue weighted by Gasteiger charge is 2.48. The molecule has 4 nitrogen and oxygen atoms in total. The van der Waals surface area contributed by atoms with Gasteiger partial charge in [-0.3, -0.25) is 9.59 Å². The van der Waals surface area contributed by atoms with E-state index >= 15 is 0 Å². The summed E-state index contributed by atoms with van der Waals surface area (Å²) in [6, 6.07) is 0. The van der Waals surface area contributed by atoms with E-state index in [-0.39, 0.29) is 11.9 Å². The van der Waals surface area contributed by atoms with Gasteiger partial charge in [-0.2, -0.15) is 0 Å². The Morgan fingerprint density at radius 2 is 1.32 bits per heavy atom. The summed E-state index contributed by atoms with van der Waals surface area (Å²) in [6.07, 6.45) is 4.52. The molecule has 0 radical (unpaired) electrons. The first-order chi connectivity index (χ1) is 9.15. The van der Waals surface area contributed by atoms with Crippen molar-refractivity contribution in [3.63, 3.8) is 0 Å². The van der Waals surface area contributed by atoms with Crippen molar-refractivity contribution in [2.24, 2.45) is 23.7 Å². The highest BCUT2D eigenvalue weighted by Crippen LogP contribution is 2.54. The lowest BCUT2D eigenvalue weighted by atomic mass is 9.76. The second kappa shape index (κ2) is 6.40. The van der Waals surface area contributed by atoms with E-state index in [9.17, 15) is 9.59 Å². The minimum absolute atomic E-state index is 0.117. The zero-order valence-corrected chi connectivity index (χ0v) is 11.9. The Hall–Kier alpha value is -1.06. The molecule has 108 valence electrons. The van der Waals surface area contributed by atoms with Crippen LogP contribution >= 0.6 is 0 Å². The van der Waals surface area contributed by atoms with Crippen molar-refractivity contribution in [2.75, 3.05) is 13.2 Å². The van der Waals surface area contributed by atoms with E-state index in [0.717, 1.165) is 0 Å². The normalized spacial score (nSPS) is 32.3. The van der Waals surface area contributed by atoms with Crippen LogP contribution in [0.5, 0.6) is 0 Å². The Kier molecular flexibility index (Phi) is 4.83. The van der Waals surface area contributed by atoms with E-state index in [4.69, 9.17) is 9.47 Å². The number of rotatable bonds is 6. The number of carbonyl (C=O) groups is 2. The predicted octanol–water partition coefficient (Wildman–Crippen LogP) is 2.56. The SMILES string of the molecule is CCOC(=O)CC1C2CCC(C2)C1CC(=O)OCC. The molecule has 2 fully saturated rings. The summed E-state index contributed by atoms with van der Waals surface area (Å²) >= 11 is 0. The molecule has 0 amide bonds. The smallest absolute Gasteiger partial charge is 0.306 e. The minimum atomic E-state index is -0.117. The Labute approximate surface area is 114 Å². The molecule has 19 heavy (non-hydrogen) atoms. The summed E-state index contributed by atoms with van der Waals surface area (Å²) in [7, 11) is 0. The highest BCUT2D eigenvalue weighted by atomic mass is 16.5. The molecule has 4 unspecified atom stereocenters. The third kappa shape index (κ3) is 3.28. The molecule has 2 aliphatic rings. The number of fused-ring (bicyclic) bond motifs is 2. The van der Waals surface area contributed by atoms with Gasteiger partial charge in [0.2, 0.25) is 0 Å². The molecule has 0 aromatic carbocycles. The Morgan fingerprint density at radius 1 is 0.895 bits per heavy atom. The molecule has 0 saturated heterocycles. The van der Waals surface area contributed by atoms with Crippen LogP contribution in [0.4, 0.5) is 0 Å². The standard InChI is InChI=1S/C15H24O4/c1-3-18-14(16)8-12-10-5-6-11(7-10)13(12)9-15(17)19-4-2/h10-13H,3-9H2,1-2H3. The molecule has 4 atom stereocenters. The second-order valence-electron chi connectivity index (χ2n) is 5.68. The van der Waals surface area contributed by atoms with E-state index in [0.29, 0.717) is 49.7 Å². The Bertz CT molecular complexity index is 307. The van der Waals surface area contributed by atoms with Crippen LogP contribution in [0.1, 0.15) is 46.0 Å². The van der Waals surface area contributed by atoms with E-state index in [2.05, 4.69) is 0 Å². The van der Waals surface area contributed by atoms with Gasteiger partial charge >= 0.3 is 11.9 Å². The molecular weight excluding hydrogens is 244 g/mol. The molecule has 0 spiro atoms. The molecular formula is C15H24O4. The summed E-state index contributed by atoms with van der Waals surface area (Å²) in [5.41, 5.74) is 0. The molecule has 0 N–H and O–H groups in total. The van der Waals surface area contributed by atoms with Gasteiger partial charge in [-0.1, -0.05) is 0 Å². The van der Waals surface area contributed by atoms with Crippen LogP contribution in [-0.4, -0.2) is 25.2 Å². The van der Waals surface area contributed by atoms with E-state index in [1.54, 1.807) is 0 Å². The maximum atomic E-state index is 11.7. The van der Waals surface area contributed by atoms with Gasteiger partial charge in [-0.25, -0.2) is 0 Å². The van der Waals surface area contributed by atoms with Crippen LogP contribution in [-0.2, 0) is 19.1 Å². The molecule has 0 aromatic rings. The summed E-state index contributed by atoms with van der Waals surface area (Å²) in [5, 5.41) is 0. The van der Waals surface area contributed by atoms with Crippen molar-refractivity contribution in [3.05, 3.63) is 0 Å². The molecule has 2 aliphatic carbocycles. The van der Waals surface area contributed by atoms with Gasteiger partial charge < -0.3 is 9.47 Å². The first kappa shape index (κ1) is 14.4. The lowest BCUT2D eigenvalue weighted by Gasteiger charge is -2.29. The van der Waals surface area contributed by atoms with Gasteiger partial charge in [0.05, 0.1) is 13.2 Å². The third-order valence-corrected chi connectivity index (χ3v) is 4.69. The van der Waals surface area contributed by atoms with Gasteiger partial charge in [0.1, 0.15) is 0 Å². The lowest BCUT2D eigenvalue weighted by Crippen LogP contribution is -2.28. The zero-order chi connectivity index (χ0) is 13.8. The van der Waals surface area contributed by atoms with Crippen molar-refractivity contribution in [1.82, 2.24) is 0 Å². The number of ether oxygens (including phenoxy) is 2. The third-order valence-electron chi connectivity index (χ3n) is 4.69. The molecule has 0 aromatic heterocycles. The number of carbonyl (C=O) groups excluding carboxylic acids is 2. The fourth-order valence-electron chi connectivity index (χ4n) is 3.99. The van der Waals surface area contributed by atoms with E-state index < -0.39 is 0 Å². The molecule has 2 rings (SSSR count). The maximum absolute atomic E-state index is 11.7. The van der Waals surface area contributed by atoms with E-state index in [1.807, 2.05) is 13.8 Å². The van der Waals surface area contributed by atoms with Crippen molar-refractivity contribution in [2.45, 2.75) is 46.0 Å². The van der Waals surface area contributed by atoms with Crippen LogP contribution in [0.25, 0.3) is 0 Å². The highest BCUT2D eigenvalue weighted by molar-refractivity contribution is 5.71. The summed E-state index contributed by atoms with van der Waals surface area (Å²) in [4.78, 5) is 23.4. The molecule has 0 heterocycles. The lowest BCUT2D eigenvalue weighted by molar-refractivity contribution is -0.148. The number of hydrogen-bond acceptors (Lipinski definition) is 4. The predicted molar refractivity (Wildman–Crippen MR) is 70.3 cm³/mol. The van der Waals surface area contributed by atoms with Crippen LogP contribution in [0.2, 0.25) is 0 Å². The van der Waals surface area contributed by atoms with Crippen molar-refractivity contribution < 1.29 is 19.1 Å². The van der Waals surface area contributed by atoms with Crippen molar-refractivity contribution in [3.8, 4) is 0 Å². The maximum Gasteiger partial charge on any atom is 0.306 e. The second-order valence-corrected chi connectivity index (χ2v) is 5.68. The summed E-state index contributed by atoms with van der Waals surface area (Å²) < 4.78 is 10.1. The first-order valence-electron chi connectivity index (χ1n) is 7.46. The topological polar surface area (TPSA) is 52.6 Å². The summed E-state index contributed by atoms with van der Waals surface area (Å²) in [6.45, 7) is 4.52. The van der Waals surface area contributed by atoms with Crippen LogP contribution < -0.4 is 0 Å². The zero-order valence-electron chi connectivity index (χ0n) is 11.9. The summed E-state index contributed by atoms with van der Waals surface area (Å²) in [5.74, 6) is 1.62.